The first-order chi connectivity index (χ1) is 16.0. The maximum Gasteiger partial charge on any atom is 0.514 e. The van der Waals surface area contributed by atoms with Gasteiger partial charge in [0.2, 0.25) is 11.3 Å². The number of alkyl halides is 3. The number of aromatic amines is 1. The van der Waals surface area contributed by atoms with Crippen molar-refractivity contribution in [1.29, 1.82) is 0 Å². The number of carbonyl (C=O) groups excluding carboxylic acids is 2. The molecule has 2 N–H and O–H groups in total. The van der Waals surface area contributed by atoms with Crippen molar-refractivity contribution < 1.29 is 41.4 Å². The van der Waals surface area contributed by atoms with E-state index in [9.17, 15) is 27.6 Å². The third-order valence-electron chi connectivity index (χ3n) is 6.11. The van der Waals surface area contributed by atoms with Crippen molar-refractivity contribution in [3.63, 3.8) is 0 Å². The Hall–Kier alpha value is -3.51. The van der Waals surface area contributed by atoms with Gasteiger partial charge in [0, 0.05) is 32.3 Å². The maximum atomic E-state index is 15.2. The summed E-state index contributed by atoms with van der Waals surface area (Å²) < 4.78 is 65.7. The van der Waals surface area contributed by atoms with E-state index in [-0.39, 0.29) is 33.7 Å². The lowest BCUT2D eigenvalue weighted by Crippen LogP contribution is -2.41. The van der Waals surface area contributed by atoms with Gasteiger partial charge < -0.3 is 29.4 Å². The van der Waals surface area contributed by atoms with Crippen LogP contribution in [0, 0.1) is 11.2 Å². The molecule has 1 amide bonds. The molecule has 9 nitrogen and oxygen atoms in total. The minimum atomic E-state index is -4.76. The molecule has 184 valence electrons. The van der Waals surface area contributed by atoms with E-state index in [0.29, 0.717) is 38.9 Å². The van der Waals surface area contributed by atoms with Crippen molar-refractivity contribution in [2.45, 2.75) is 25.4 Å². The monoisotopic (exact) mass is 487 g/mol. The molecule has 3 heterocycles. The van der Waals surface area contributed by atoms with Gasteiger partial charge in [0.15, 0.2) is 23.9 Å². The summed E-state index contributed by atoms with van der Waals surface area (Å²) in [4.78, 5) is 40.3. The molecule has 0 bridgehead atoms. The largest absolute Gasteiger partial charge is 0.514 e. The molecule has 1 aromatic heterocycles. The van der Waals surface area contributed by atoms with Gasteiger partial charge in [-0.15, -0.1) is 0 Å². The van der Waals surface area contributed by atoms with E-state index in [1.165, 1.54) is 7.11 Å². The van der Waals surface area contributed by atoms with Crippen LogP contribution in [0.5, 0.6) is 11.5 Å². The van der Waals surface area contributed by atoms with Gasteiger partial charge in [0.25, 0.3) is 0 Å². The van der Waals surface area contributed by atoms with Gasteiger partial charge in [-0.25, -0.2) is 9.18 Å². The highest BCUT2D eigenvalue weighted by molar-refractivity contribution is 5.91. The Bertz CT molecular complexity index is 1190. The average Bonchev–Trinajstić information content (AvgIpc) is 3.14. The van der Waals surface area contributed by atoms with Crippen molar-refractivity contribution in [2.24, 2.45) is 5.41 Å². The van der Waals surface area contributed by atoms with Crippen LogP contribution in [0.15, 0.2) is 17.1 Å². The second kappa shape index (κ2) is 8.69. The number of amides is 1. The highest BCUT2D eigenvalue weighted by atomic mass is 19.4. The van der Waals surface area contributed by atoms with E-state index in [0.717, 1.165) is 12.3 Å². The average molecular weight is 487 g/mol. The zero-order valence-corrected chi connectivity index (χ0v) is 18.0. The van der Waals surface area contributed by atoms with Gasteiger partial charge in [-0.05, 0) is 24.3 Å². The lowest BCUT2D eigenvalue weighted by Gasteiger charge is -2.39. The van der Waals surface area contributed by atoms with Gasteiger partial charge in [-0.1, -0.05) is 0 Å². The van der Waals surface area contributed by atoms with E-state index in [2.05, 4.69) is 19.8 Å². The van der Waals surface area contributed by atoms with Gasteiger partial charge in [0.1, 0.15) is 5.69 Å². The molecule has 2 aromatic rings. The molecular formula is C21H21F4N3O6. The van der Waals surface area contributed by atoms with Gasteiger partial charge in [0.05, 0.1) is 18.0 Å². The molecule has 2 aliphatic heterocycles. The van der Waals surface area contributed by atoms with Crippen LogP contribution in [0.2, 0.25) is 0 Å². The van der Waals surface area contributed by atoms with E-state index in [1.54, 1.807) is 4.90 Å². The van der Waals surface area contributed by atoms with Crippen molar-refractivity contribution in [3.05, 3.63) is 28.3 Å². The van der Waals surface area contributed by atoms with Crippen molar-refractivity contribution in [2.75, 3.05) is 38.3 Å². The number of hydrogen-bond acceptors (Lipinski definition) is 7. The quantitative estimate of drug-likeness (QED) is 0.504. The number of H-pyrrole nitrogens is 1. The number of piperidine rings is 1. The van der Waals surface area contributed by atoms with Crippen LogP contribution in [-0.2, 0) is 9.53 Å². The number of pyridine rings is 1. The molecule has 1 aromatic carbocycles. The number of halogens is 4. The fourth-order valence-electron chi connectivity index (χ4n) is 4.41. The predicted molar refractivity (Wildman–Crippen MR) is 111 cm³/mol. The van der Waals surface area contributed by atoms with Crippen LogP contribution < -0.4 is 25.1 Å². The number of hydrogen-bond donors (Lipinski definition) is 2. The predicted octanol–water partition coefficient (Wildman–Crippen LogP) is 2.86. The second-order valence-corrected chi connectivity index (χ2v) is 8.34. The molecule has 2 saturated heterocycles. The fraction of sp³-hybridized carbons (Fsp3) is 0.476. The molecule has 13 heteroatoms. The summed E-state index contributed by atoms with van der Waals surface area (Å²) in [5.41, 5.74) is -0.835. The molecule has 0 aliphatic carbocycles. The number of rotatable bonds is 4. The first-order valence-corrected chi connectivity index (χ1v) is 10.4. The zero-order valence-electron chi connectivity index (χ0n) is 18.0. The van der Waals surface area contributed by atoms with Gasteiger partial charge in [-0.3, -0.25) is 9.59 Å². The van der Waals surface area contributed by atoms with Crippen LogP contribution in [0.3, 0.4) is 0 Å². The number of carbonyl (C=O) groups is 2. The van der Waals surface area contributed by atoms with Crippen LogP contribution in [0.25, 0.3) is 10.9 Å². The van der Waals surface area contributed by atoms with Crippen LogP contribution in [0.4, 0.5) is 28.0 Å². The second-order valence-electron chi connectivity index (χ2n) is 8.34. The number of nitrogens with zero attached hydrogens (tertiary/aromatic N) is 1. The number of anilines is 1. The Morgan fingerprint density at radius 3 is 2.53 bits per heavy atom. The van der Waals surface area contributed by atoms with E-state index >= 15 is 4.39 Å². The molecule has 0 saturated carbocycles. The summed E-state index contributed by atoms with van der Waals surface area (Å²) in [6.45, 7) is -0.378. The van der Waals surface area contributed by atoms with Crippen molar-refractivity contribution in [3.8, 4) is 11.5 Å². The molecule has 2 fully saturated rings. The summed E-state index contributed by atoms with van der Waals surface area (Å²) in [6, 6.07) is 0.949. The van der Waals surface area contributed by atoms with Crippen LogP contribution in [0.1, 0.15) is 19.3 Å². The summed E-state index contributed by atoms with van der Waals surface area (Å²) in [6.07, 6.45) is -3.77. The summed E-state index contributed by atoms with van der Waals surface area (Å²) in [5, 5.41) is 2.61. The topological polar surface area (TPSA) is 110 Å². The smallest absolute Gasteiger partial charge is 0.492 e. The van der Waals surface area contributed by atoms with Crippen LogP contribution in [-0.4, -0.2) is 56.6 Å². The third kappa shape index (κ3) is 4.59. The first kappa shape index (κ1) is 23.6. The molecule has 4 rings (SSSR count). The van der Waals surface area contributed by atoms with Gasteiger partial charge >= 0.3 is 12.3 Å². The van der Waals surface area contributed by atoms with Crippen LogP contribution >= 0.6 is 0 Å². The molecule has 2 aliphatic rings. The Balaban J connectivity index is 1.60. The first-order valence-electron chi connectivity index (χ1n) is 10.4. The highest BCUT2D eigenvalue weighted by Crippen LogP contribution is 2.43. The molecule has 34 heavy (non-hydrogen) atoms. The van der Waals surface area contributed by atoms with E-state index in [1.807, 2.05) is 0 Å². The van der Waals surface area contributed by atoms with E-state index in [4.69, 9.17) is 4.74 Å². The van der Waals surface area contributed by atoms with Gasteiger partial charge in [-0.2, -0.15) is 13.2 Å². The standard InChI is InChI=1S/C21H21F4N3O6/c1-32-18-15-11(17(30)13(8-26-15)34-19(31)33-10-21(23,24)25)6-12(22)16(18)28-4-2-20(3-5-28)7-14(29)27-9-20/h6,8H,2-5,7,9-10H2,1H3,(H,26,30)(H,27,29). The van der Waals surface area contributed by atoms with E-state index < -0.39 is 35.9 Å². The summed E-state index contributed by atoms with van der Waals surface area (Å²) >= 11 is 0. The minimum Gasteiger partial charge on any atom is -0.492 e. The zero-order chi connectivity index (χ0) is 24.7. The summed E-state index contributed by atoms with van der Waals surface area (Å²) in [5.74, 6) is -1.37. The Morgan fingerprint density at radius 1 is 1.24 bits per heavy atom. The van der Waals surface area contributed by atoms with Crippen molar-refractivity contribution in [1.82, 2.24) is 10.3 Å². The lowest BCUT2D eigenvalue weighted by molar-refractivity contribution is -0.163. The fourth-order valence-corrected chi connectivity index (χ4v) is 4.41. The Morgan fingerprint density at radius 2 is 1.94 bits per heavy atom. The highest BCUT2D eigenvalue weighted by Gasteiger charge is 2.41. The van der Waals surface area contributed by atoms with Crippen molar-refractivity contribution >= 4 is 28.7 Å². The number of methoxy groups -OCH3 is 1. The normalized spacial score (nSPS) is 17.7. The molecule has 0 radical (unpaired) electrons. The number of ether oxygens (including phenoxy) is 3. The Kier molecular flexibility index (Phi) is 6.04. The minimum absolute atomic E-state index is 0.000743. The number of aromatic nitrogens is 1. The number of fused-ring (bicyclic) bond motifs is 1. The summed E-state index contributed by atoms with van der Waals surface area (Å²) in [7, 11) is 1.31. The molecular weight excluding hydrogens is 466 g/mol. The molecule has 0 atom stereocenters. The third-order valence-corrected chi connectivity index (χ3v) is 6.11. The number of nitrogens with one attached hydrogen (secondary N) is 2. The Labute approximate surface area is 189 Å². The molecule has 0 unspecified atom stereocenters. The lowest BCUT2D eigenvalue weighted by atomic mass is 9.77. The SMILES string of the molecule is COc1c(N2CCC3(CC2)CNC(=O)C3)c(F)cc2c(=O)c(OC(=O)OCC(F)(F)F)c[nH]c12. The molecule has 1 spiro atoms. The maximum absolute atomic E-state index is 15.2. The number of benzene rings is 1.